The number of aliphatic hydroxyl groups is 1. The molecule has 4 nitrogen and oxygen atoms in total. The number of carbonyl (C=O) groups is 1. The van der Waals surface area contributed by atoms with Crippen molar-refractivity contribution in [1.82, 2.24) is 10.6 Å². The minimum Gasteiger partial charge on any atom is -0.383 e. The summed E-state index contributed by atoms with van der Waals surface area (Å²) in [6.07, 6.45) is 0. The minimum atomic E-state index is -1.05. The summed E-state index contributed by atoms with van der Waals surface area (Å²) in [7, 11) is 0. The van der Waals surface area contributed by atoms with Crippen LogP contribution in [0.2, 0.25) is 0 Å². The lowest BCUT2D eigenvalue weighted by Gasteiger charge is -2.22. The van der Waals surface area contributed by atoms with E-state index in [1.165, 1.54) is 11.3 Å². The molecule has 1 heterocycles. The van der Waals surface area contributed by atoms with Crippen molar-refractivity contribution >= 4 is 17.4 Å². The molecule has 0 radical (unpaired) electrons. The smallest absolute Gasteiger partial charge is 0.315 e. The van der Waals surface area contributed by atoms with Gasteiger partial charge in [0.15, 0.2) is 0 Å². The molecule has 3 N–H and O–H groups in total. The summed E-state index contributed by atoms with van der Waals surface area (Å²) in [4.78, 5) is 12.6. The number of thiophene rings is 1. The molecule has 0 fully saturated rings. The fourth-order valence-corrected chi connectivity index (χ4v) is 2.78. The summed E-state index contributed by atoms with van der Waals surface area (Å²) in [6.45, 7) is 4.35. The van der Waals surface area contributed by atoms with Crippen LogP contribution in [0.15, 0.2) is 41.8 Å². The number of amides is 2. The number of carbonyl (C=O) groups excluding carboxylic acids is 1. The Balaban J connectivity index is 1.80. The molecule has 5 heteroatoms. The van der Waals surface area contributed by atoms with E-state index in [9.17, 15) is 9.90 Å². The van der Waals surface area contributed by atoms with Gasteiger partial charge in [0, 0.05) is 11.4 Å². The van der Waals surface area contributed by atoms with Gasteiger partial charge in [0.2, 0.25) is 0 Å². The Morgan fingerprint density at radius 1 is 1.29 bits per heavy atom. The second-order valence-electron chi connectivity index (χ2n) is 5.28. The maximum atomic E-state index is 11.8. The first-order chi connectivity index (χ1) is 9.97. The van der Waals surface area contributed by atoms with E-state index in [1.54, 1.807) is 6.92 Å². The fourth-order valence-electron chi connectivity index (χ4n) is 1.99. The Kier molecular flexibility index (Phi) is 4.98. The van der Waals surface area contributed by atoms with Crippen molar-refractivity contribution in [2.24, 2.45) is 0 Å². The highest BCUT2D eigenvalue weighted by Gasteiger charge is 2.24. The third-order valence-electron chi connectivity index (χ3n) is 3.18. The van der Waals surface area contributed by atoms with E-state index >= 15 is 0 Å². The van der Waals surface area contributed by atoms with Gasteiger partial charge in [-0.15, -0.1) is 11.3 Å². The highest BCUT2D eigenvalue weighted by molar-refractivity contribution is 7.10. The predicted molar refractivity (Wildman–Crippen MR) is 85.3 cm³/mol. The van der Waals surface area contributed by atoms with Crippen molar-refractivity contribution in [2.45, 2.75) is 26.0 Å². The van der Waals surface area contributed by atoms with E-state index in [1.807, 2.05) is 48.7 Å². The number of aryl methyl sites for hydroxylation is 1. The molecule has 1 atom stereocenters. The lowest BCUT2D eigenvalue weighted by atomic mass is 10.1. The Labute approximate surface area is 128 Å². The molecule has 2 rings (SSSR count). The van der Waals surface area contributed by atoms with Crippen molar-refractivity contribution in [1.29, 1.82) is 0 Å². The summed E-state index contributed by atoms with van der Waals surface area (Å²) in [6, 6.07) is 11.4. The van der Waals surface area contributed by atoms with Gasteiger partial charge in [0.05, 0.1) is 6.54 Å². The van der Waals surface area contributed by atoms with E-state index in [0.717, 1.165) is 16.0 Å². The lowest BCUT2D eigenvalue weighted by molar-refractivity contribution is 0.0631. The van der Waals surface area contributed by atoms with Crippen LogP contribution in [0, 0.1) is 6.92 Å². The van der Waals surface area contributed by atoms with Gasteiger partial charge in [0.25, 0.3) is 0 Å². The zero-order chi connectivity index (χ0) is 15.3. The van der Waals surface area contributed by atoms with Gasteiger partial charge >= 0.3 is 6.03 Å². The largest absolute Gasteiger partial charge is 0.383 e. The maximum Gasteiger partial charge on any atom is 0.315 e. The highest BCUT2D eigenvalue weighted by Crippen LogP contribution is 2.24. The van der Waals surface area contributed by atoms with Gasteiger partial charge in [0.1, 0.15) is 5.60 Å². The van der Waals surface area contributed by atoms with Crippen LogP contribution in [-0.2, 0) is 12.1 Å². The molecular weight excluding hydrogens is 284 g/mol. The molecule has 21 heavy (non-hydrogen) atoms. The first-order valence-electron chi connectivity index (χ1n) is 6.81. The van der Waals surface area contributed by atoms with E-state index in [4.69, 9.17) is 0 Å². The van der Waals surface area contributed by atoms with Crippen LogP contribution in [0.3, 0.4) is 0 Å². The molecular formula is C16H20N2O2S. The van der Waals surface area contributed by atoms with Crippen molar-refractivity contribution in [3.8, 4) is 0 Å². The van der Waals surface area contributed by atoms with Crippen molar-refractivity contribution in [3.05, 3.63) is 57.8 Å². The molecule has 0 aliphatic carbocycles. The third kappa shape index (κ3) is 4.58. The predicted octanol–water partition coefficient (Wildman–Crippen LogP) is 2.76. The molecule has 1 aromatic heterocycles. The Morgan fingerprint density at radius 2 is 2.10 bits per heavy atom. The van der Waals surface area contributed by atoms with Crippen LogP contribution >= 0.6 is 11.3 Å². The van der Waals surface area contributed by atoms with Crippen LogP contribution in [0.25, 0.3) is 0 Å². The van der Waals surface area contributed by atoms with Crippen LogP contribution in [0.5, 0.6) is 0 Å². The van der Waals surface area contributed by atoms with E-state index < -0.39 is 5.60 Å². The average Bonchev–Trinajstić information content (AvgIpc) is 2.98. The number of hydrogen-bond acceptors (Lipinski definition) is 3. The summed E-state index contributed by atoms with van der Waals surface area (Å²) >= 11 is 1.47. The second-order valence-corrected chi connectivity index (χ2v) is 6.22. The quantitative estimate of drug-likeness (QED) is 0.795. The summed E-state index contributed by atoms with van der Waals surface area (Å²) in [5.41, 5.74) is 1.17. The van der Waals surface area contributed by atoms with Gasteiger partial charge in [-0.2, -0.15) is 0 Å². The molecule has 0 saturated heterocycles. The molecule has 1 aromatic carbocycles. The topological polar surface area (TPSA) is 61.4 Å². The molecule has 2 amide bonds. The highest BCUT2D eigenvalue weighted by atomic mass is 32.1. The first kappa shape index (κ1) is 15.5. The van der Waals surface area contributed by atoms with Crippen molar-refractivity contribution in [2.75, 3.05) is 6.54 Å². The van der Waals surface area contributed by atoms with Gasteiger partial charge in [-0.1, -0.05) is 35.9 Å². The first-order valence-corrected chi connectivity index (χ1v) is 7.69. The second kappa shape index (κ2) is 6.74. The molecule has 1 unspecified atom stereocenters. The maximum absolute atomic E-state index is 11.8. The monoisotopic (exact) mass is 304 g/mol. The zero-order valence-corrected chi connectivity index (χ0v) is 13.0. The SMILES string of the molecule is Cc1cccc(CNC(=O)NCC(C)(O)c2cccs2)c1. The molecule has 0 spiro atoms. The summed E-state index contributed by atoms with van der Waals surface area (Å²) < 4.78 is 0. The molecule has 0 aliphatic heterocycles. The molecule has 0 saturated carbocycles. The standard InChI is InChI=1S/C16H20N2O2S/c1-12-5-3-6-13(9-12)10-17-15(19)18-11-16(2,20)14-7-4-8-21-14/h3-9,20H,10-11H2,1-2H3,(H2,17,18,19). The van der Waals surface area contributed by atoms with Crippen LogP contribution < -0.4 is 10.6 Å². The fraction of sp³-hybridized carbons (Fsp3) is 0.312. The van der Waals surface area contributed by atoms with Crippen LogP contribution in [0.1, 0.15) is 22.9 Å². The number of urea groups is 1. The molecule has 112 valence electrons. The Bertz CT molecular complexity index is 594. The number of rotatable bonds is 5. The van der Waals surface area contributed by atoms with Gasteiger partial charge in [-0.25, -0.2) is 4.79 Å². The van der Waals surface area contributed by atoms with E-state index in [0.29, 0.717) is 6.54 Å². The molecule has 2 aromatic rings. The van der Waals surface area contributed by atoms with Gasteiger partial charge in [-0.3, -0.25) is 0 Å². The van der Waals surface area contributed by atoms with Crippen LogP contribution in [-0.4, -0.2) is 17.7 Å². The average molecular weight is 304 g/mol. The minimum absolute atomic E-state index is 0.174. The molecule has 0 aliphatic rings. The summed E-state index contributed by atoms with van der Waals surface area (Å²) in [5.74, 6) is 0. The number of nitrogens with one attached hydrogen (secondary N) is 2. The Hall–Kier alpha value is -1.85. The number of hydrogen-bond donors (Lipinski definition) is 3. The third-order valence-corrected chi connectivity index (χ3v) is 4.30. The van der Waals surface area contributed by atoms with Crippen LogP contribution in [0.4, 0.5) is 4.79 Å². The van der Waals surface area contributed by atoms with E-state index in [-0.39, 0.29) is 12.6 Å². The normalized spacial score (nSPS) is 13.5. The number of benzene rings is 1. The molecule has 0 bridgehead atoms. The lowest BCUT2D eigenvalue weighted by Crippen LogP contribution is -2.42. The Morgan fingerprint density at radius 3 is 2.76 bits per heavy atom. The summed E-state index contributed by atoms with van der Waals surface area (Å²) in [5, 5.41) is 17.7. The zero-order valence-electron chi connectivity index (χ0n) is 12.2. The van der Waals surface area contributed by atoms with Gasteiger partial charge in [-0.05, 0) is 30.9 Å². The van der Waals surface area contributed by atoms with Gasteiger partial charge < -0.3 is 15.7 Å². The van der Waals surface area contributed by atoms with E-state index in [2.05, 4.69) is 10.6 Å². The van der Waals surface area contributed by atoms with Crippen molar-refractivity contribution < 1.29 is 9.90 Å². The van der Waals surface area contributed by atoms with Crippen molar-refractivity contribution in [3.63, 3.8) is 0 Å².